The van der Waals surface area contributed by atoms with Gasteiger partial charge in [0.25, 0.3) is 0 Å². The van der Waals surface area contributed by atoms with Gasteiger partial charge in [-0.1, -0.05) is 6.92 Å². The predicted octanol–water partition coefficient (Wildman–Crippen LogP) is 1.06. The molecule has 0 heterocycles. The van der Waals surface area contributed by atoms with Crippen LogP contribution in [0.4, 0.5) is 0 Å². The van der Waals surface area contributed by atoms with Crippen LogP contribution >= 0.6 is 0 Å². The lowest BCUT2D eigenvalue weighted by molar-refractivity contribution is -0.125. The van der Waals surface area contributed by atoms with Crippen LogP contribution in [0.15, 0.2) is 0 Å². The molecule has 5 nitrogen and oxygen atoms in total. The van der Waals surface area contributed by atoms with Crippen molar-refractivity contribution in [3.05, 3.63) is 0 Å². The van der Waals surface area contributed by atoms with Gasteiger partial charge >= 0.3 is 0 Å². The van der Waals surface area contributed by atoms with E-state index in [0.717, 1.165) is 13.0 Å². The van der Waals surface area contributed by atoms with Crippen LogP contribution in [0.2, 0.25) is 0 Å². The second-order valence-corrected chi connectivity index (χ2v) is 4.71. The van der Waals surface area contributed by atoms with Gasteiger partial charge in [0.1, 0.15) is 0 Å². The molecule has 0 aliphatic heterocycles. The SMILES string of the molecule is CCCNC(C)(CCOC(C)COCC)C(N)=O. The number of primary amides is 1. The molecule has 1 amide bonds. The molecule has 0 rings (SSSR count). The zero-order valence-electron chi connectivity index (χ0n) is 12.1. The molecule has 0 aromatic carbocycles. The van der Waals surface area contributed by atoms with Gasteiger partial charge in [-0.2, -0.15) is 0 Å². The first-order valence-corrected chi connectivity index (χ1v) is 6.70. The van der Waals surface area contributed by atoms with Crippen molar-refractivity contribution >= 4 is 5.91 Å². The fourth-order valence-electron chi connectivity index (χ4n) is 1.50. The van der Waals surface area contributed by atoms with Crippen molar-refractivity contribution in [2.75, 3.05) is 26.4 Å². The minimum atomic E-state index is -0.693. The average Bonchev–Trinajstić information content (AvgIpc) is 2.33. The topological polar surface area (TPSA) is 73.6 Å². The van der Waals surface area contributed by atoms with Crippen molar-refractivity contribution in [3.8, 4) is 0 Å². The van der Waals surface area contributed by atoms with Crippen LogP contribution in [0.3, 0.4) is 0 Å². The molecule has 0 aliphatic carbocycles. The summed E-state index contributed by atoms with van der Waals surface area (Å²) in [5.41, 5.74) is 4.73. The van der Waals surface area contributed by atoms with E-state index in [1.54, 1.807) is 0 Å². The summed E-state index contributed by atoms with van der Waals surface area (Å²) < 4.78 is 10.9. The van der Waals surface area contributed by atoms with Gasteiger partial charge in [0.2, 0.25) is 5.91 Å². The average molecular weight is 260 g/mol. The molecule has 0 aromatic heterocycles. The number of ether oxygens (including phenoxy) is 2. The summed E-state index contributed by atoms with van der Waals surface area (Å²) in [6, 6.07) is 0. The van der Waals surface area contributed by atoms with Crippen molar-refractivity contribution in [1.82, 2.24) is 5.32 Å². The second kappa shape index (κ2) is 9.30. The summed E-state index contributed by atoms with van der Waals surface area (Å²) in [4.78, 5) is 11.5. The number of hydrogen-bond acceptors (Lipinski definition) is 4. The number of carbonyl (C=O) groups is 1. The van der Waals surface area contributed by atoms with Crippen molar-refractivity contribution in [2.24, 2.45) is 5.73 Å². The van der Waals surface area contributed by atoms with Crippen LogP contribution in [0.25, 0.3) is 0 Å². The summed E-state index contributed by atoms with van der Waals surface area (Å²) in [6.45, 7) is 10.3. The van der Waals surface area contributed by atoms with Crippen LogP contribution in [0, 0.1) is 0 Å². The van der Waals surface area contributed by atoms with E-state index in [9.17, 15) is 4.79 Å². The number of nitrogens with two attached hydrogens (primary N) is 1. The molecule has 0 aromatic rings. The first kappa shape index (κ1) is 17.4. The fraction of sp³-hybridized carbons (Fsp3) is 0.923. The third-order valence-electron chi connectivity index (χ3n) is 2.87. The minimum absolute atomic E-state index is 0.0354. The van der Waals surface area contributed by atoms with E-state index in [4.69, 9.17) is 15.2 Å². The highest BCUT2D eigenvalue weighted by atomic mass is 16.5. The van der Waals surface area contributed by atoms with Gasteiger partial charge in [-0.3, -0.25) is 4.79 Å². The van der Waals surface area contributed by atoms with E-state index in [-0.39, 0.29) is 12.0 Å². The predicted molar refractivity (Wildman–Crippen MR) is 72.4 cm³/mol. The Hall–Kier alpha value is -0.650. The number of amides is 1. The molecule has 2 unspecified atom stereocenters. The first-order chi connectivity index (χ1) is 8.46. The molecule has 0 saturated heterocycles. The number of carbonyl (C=O) groups excluding carboxylic acids is 1. The van der Waals surface area contributed by atoms with E-state index < -0.39 is 5.54 Å². The van der Waals surface area contributed by atoms with Crippen LogP contribution in [0.1, 0.15) is 40.5 Å². The standard InChI is InChI=1S/C13H28N2O3/c1-5-8-15-13(4,12(14)16)7-9-18-11(3)10-17-6-2/h11,15H,5-10H2,1-4H3,(H2,14,16). The van der Waals surface area contributed by atoms with Crippen molar-refractivity contribution in [3.63, 3.8) is 0 Å². The lowest BCUT2D eigenvalue weighted by atomic mass is 9.97. The maximum absolute atomic E-state index is 11.5. The highest BCUT2D eigenvalue weighted by Gasteiger charge is 2.29. The van der Waals surface area contributed by atoms with Gasteiger partial charge < -0.3 is 20.5 Å². The zero-order chi connectivity index (χ0) is 14.0. The van der Waals surface area contributed by atoms with E-state index in [2.05, 4.69) is 12.2 Å². The van der Waals surface area contributed by atoms with Crippen LogP contribution in [-0.4, -0.2) is 43.9 Å². The maximum Gasteiger partial charge on any atom is 0.237 e. The Morgan fingerprint density at radius 3 is 2.61 bits per heavy atom. The lowest BCUT2D eigenvalue weighted by Gasteiger charge is -2.28. The van der Waals surface area contributed by atoms with E-state index in [1.165, 1.54) is 0 Å². The molecule has 0 spiro atoms. The number of hydrogen-bond donors (Lipinski definition) is 2. The van der Waals surface area contributed by atoms with Gasteiger partial charge in [0.05, 0.1) is 18.2 Å². The molecular formula is C13H28N2O3. The van der Waals surface area contributed by atoms with Gasteiger partial charge in [0.15, 0.2) is 0 Å². The Labute approximate surface area is 110 Å². The molecule has 0 fully saturated rings. The van der Waals surface area contributed by atoms with E-state index >= 15 is 0 Å². The number of rotatable bonds is 11. The summed E-state index contributed by atoms with van der Waals surface area (Å²) in [5, 5.41) is 3.18. The third-order valence-corrected chi connectivity index (χ3v) is 2.87. The van der Waals surface area contributed by atoms with Crippen LogP contribution in [-0.2, 0) is 14.3 Å². The fourth-order valence-corrected chi connectivity index (χ4v) is 1.50. The smallest absolute Gasteiger partial charge is 0.237 e. The van der Waals surface area contributed by atoms with Crippen LogP contribution < -0.4 is 11.1 Å². The van der Waals surface area contributed by atoms with Crippen molar-refractivity contribution in [1.29, 1.82) is 0 Å². The molecule has 2 atom stereocenters. The van der Waals surface area contributed by atoms with Gasteiger partial charge in [-0.15, -0.1) is 0 Å². The Morgan fingerprint density at radius 2 is 2.11 bits per heavy atom. The normalized spacial score (nSPS) is 16.2. The van der Waals surface area contributed by atoms with Crippen molar-refractivity contribution in [2.45, 2.75) is 52.2 Å². The molecule has 5 heteroatoms. The Kier molecular flexibility index (Phi) is 8.97. The molecule has 0 aliphatic rings. The minimum Gasteiger partial charge on any atom is -0.379 e. The Morgan fingerprint density at radius 1 is 1.44 bits per heavy atom. The molecule has 0 saturated carbocycles. The number of nitrogens with one attached hydrogen (secondary N) is 1. The highest BCUT2D eigenvalue weighted by molar-refractivity contribution is 5.84. The quantitative estimate of drug-likeness (QED) is 0.582. The highest BCUT2D eigenvalue weighted by Crippen LogP contribution is 2.10. The molecule has 0 radical (unpaired) electrons. The monoisotopic (exact) mass is 260 g/mol. The summed E-state index contributed by atoms with van der Waals surface area (Å²) in [6.07, 6.45) is 1.57. The summed E-state index contributed by atoms with van der Waals surface area (Å²) in [7, 11) is 0. The largest absolute Gasteiger partial charge is 0.379 e. The first-order valence-electron chi connectivity index (χ1n) is 6.70. The van der Waals surface area contributed by atoms with E-state index in [0.29, 0.717) is 26.2 Å². The lowest BCUT2D eigenvalue weighted by Crippen LogP contribution is -2.54. The van der Waals surface area contributed by atoms with Gasteiger partial charge in [-0.05, 0) is 40.2 Å². The summed E-state index contributed by atoms with van der Waals surface area (Å²) >= 11 is 0. The van der Waals surface area contributed by atoms with Crippen molar-refractivity contribution < 1.29 is 14.3 Å². The Bertz CT molecular complexity index is 236. The molecule has 18 heavy (non-hydrogen) atoms. The second-order valence-electron chi connectivity index (χ2n) is 4.71. The molecular weight excluding hydrogens is 232 g/mol. The third kappa shape index (κ3) is 6.93. The van der Waals surface area contributed by atoms with Gasteiger partial charge in [0, 0.05) is 13.2 Å². The van der Waals surface area contributed by atoms with E-state index in [1.807, 2.05) is 20.8 Å². The summed E-state index contributed by atoms with van der Waals surface area (Å²) in [5.74, 6) is -0.336. The van der Waals surface area contributed by atoms with Gasteiger partial charge in [-0.25, -0.2) is 0 Å². The molecule has 108 valence electrons. The molecule has 0 bridgehead atoms. The maximum atomic E-state index is 11.5. The van der Waals surface area contributed by atoms with Crippen LogP contribution in [0.5, 0.6) is 0 Å². The Balaban J connectivity index is 4.00. The zero-order valence-corrected chi connectivity index (χ0v) is 12.1. The molecule has 3 N–H and O–H groups in total.